The minimum Gasteiger partial charge on any atom is -0.493 e. The van der Waals surface area contributed by atoms with Crippen LogP contribution in [-0.2, 0) is 16.0 Å². The molecule has 3 amide bonds. The number of thioether (sulfide) groups is 1. The van der Waals surface area contributed by atoms with E-state index in [1.807, 2.05) is 30.3 Å². The van der Waals surface area contributed by atoms with E-state index in [0.717, 1.165) is 23.7 Å². The van der Waals surface area contributed by atoms with Gasteiger partial charge in [0.15, 0.2) is 18.1 Å². The first-order valence-electron chi connectivity index (χ1n) is 11.7. The number of rotatable bonds is 10. The van der Waals surface area contributed by atoms with Crippen molar-refractivity contribution in [3.8, 4) is 11.5 Å². The minimum atomic E-state index is -0.417. The lowest BCUT2D eigenvalue weighted by molar-refractivity contribution is -0.122. The van der Waals surface area contributed by atoms with Crippen LogP contribution in [-0.4, -0.2) is 42.2 Å². The average Bonchev–Trinajstić information content (AvgIpc) is 3.17. The summed E-state index contributed by atoms with van der Waals surface area (Å²) in [5.74, 6) is -0.390. The van der Waals surface area contributed by atoms with Crippen molar-refractivity contribution in [2.75, 3.05) is 25.6 Å². The predicted molar refractivity (Wildman–Crippen MR) is 154 cm³/mol. The molecule has 7 nitrogen and oxygen atoms in total. The van der Waals surface area contributed by atoms with E-state index in [2.05, 4.69) is 27.9 Å². The molecule has 1 aliphatic rings. The van der Waals surface area contributed by atoms with Gasteiger partial charge in [-0.3, -0.25) is 19.3 Å². The Morgan fingerprint density at radius 1 is 1.11 bits per heavy atom. The number of carbonyl (C=O) groups is 3. The molecule has 0 unspecified atom stereocenters. The molecule has 0 saturated carbocycles. The Balaban J connectivity index is 1.39. The maximum atomic E-state index is 13.1. The van der Waals surface area contributed by atoms with Gasteiger partial charge < -0.3 is 14.8 Å². The van der Waals surface area contributed by atoms with Gasteiger partial charge in [-0.2, -0.15) is 0 Å². The summed E-state index contributed by atoms with van der Waals surface area (Å²) in [4.78, 5) is 39.3. The molecule has 1 fully saturated rings. The Kier molecular flexibility index (Phi) is 9.40. The molecule has 0 spiro atoms. The molecule has 0 radical (unpaired) electrons. The number of hydrogen-bond acceptors (Lipinski definition) is 6. The second-order valence-corrected chi connectivity index (χ2v) is 10.5. The molecule has 1 saturated heterocycles. The number of halogens is 2. The van der Waals surface area contributed by atoms with E-state index in [1.54, 1.807) is 18.2 Å². The van der Waals surface area contributed by atoms with Crippen LogP contribution >= 0.6 is 34.4 Å². The van der Waals surface area contributed by atoms with Crippen LogP contribution < -0.4 is 14.8 Å². The number of amides is 3. The van der Waals surface area contributed by atoms with Crippen LogP contribution in [0.1, 0.15) is 17.5 Å². The molecule has 0 bridgehead atoms. The van der Waals surface area contributed by atoms with Crippen molar-refractivity contribution < 1.29 is 28.2 Å². The summed E-state index contributed by atoms with van der Waals surface area (Å²) < 4.78 is 24.9. The highest BCUT2D eigenvalue weighted by Crippen LogP contribution is 2.37. The molecule has 0 aliphatic carbocycles. The molecule has 1 N–H and O–H groups in total. The van der Waals surface area contributed by atoms with Crippen LogP contribution in [0, 0.1) is 9.39 Å². The van der Waals surface area contributed by atoms with Crippen molar-refractivity contribution >= 4 is 63.2 Å². The SMILES string of the molecule is COc1cc(/C=C2/SC(=O)N(CCCc3ccccc3)C2=O)cc(I)c1OCC(=O)Nc1ccc(F)cc1. The van der Waals surface area contributed by atoms with Gasteiger partial charge in [-0.1, -0.05) is 30.3 Å². The first-order chi connectivity index (χ1) is 18.3. The minimum absolute atomic E-state index is 0.287. The molecule has 10 heteroatoms. The molecule has 3 aromatic carbocycles. The summed E-state index contributed by atoms with van der Waals surface area (Å²) in [6, 6.07) is 18.8. The topological polar surface area (TPSA) is 84.9 Å². The molecule has 1 aliphatic heterocycles. The molecule has 0 atom stereocenters. The fourth-order valence-corrected chi connectivity index (χ4v) is 5.41. The lowest BCUT2D eigenvalue weighted by Gasteiger charge is -2.14. The van der Waals surface area contributed by atoms with Crippen LogP contribution in [0.5, 0.6) is 11.5 Å². The smallest absolute Gasteiger partial charge is 0.293 e. The maximum absolute atomic E-state index is 13.1. The Labute approximate surface area is 237 Å². The highest BCUT2D eigenvalue weighted by Gasteiger charge is 2.34. The maximum Gasteiger partial charge on any atom is 0.293 e. The van der Waals surface area contributed by atoms with Crippen LogP contribution in [0.25, 0.3) is 6.08 Å². The third-order valence-corrected chi connectivity index (χ3v) is 7.30. The summed E-state index contributed by atoms with van der Waals surface area (Å²) >= 11 is 2.97. The van der Waals surface area contributed by atoms with Gasteiger partial charge in [0, 0.05) is 12.2 Å². The Hall–Kier alpha value is -3.38. The summed E-state index contributed by atoms with van der Waals surface area (Å²) in [6.07, 6.45) is 3.11. The second kappa shape index (κ2) is 12.9. The third-order valence-electron chi connectivity index (χ3n) is 5.59. The quantitative estimate of drug-likeness (QED) is 0.211. The number of hydrogen-bond donors (Lipinski definition) is 1. The Morgan fingerprint density at radius 2 is 1.84 bits per heavy atom. The number of benzene rings is 3. The molecule has 3 aromatic rings. The summed E-state index contributed by atoms with van der Waals surface area (Å²) in [5, 5.41) is 2.34. The average molecular weight is 646 g/mol. The zero-order chi connectivity index (χ0) is 27.1. The van der Waals surface area contributed by atoms with E-state index in [9.17, 15) is 18.8 Å². The van der Waals surface area contributed by atoms with Crippen LogP contribution in [0.2, 0.25) is 0 Å². The van der Waals surface area contributed by atoms with Gasteiger partial charge in [0.2, 0.25) is 0 Å². The van der Waals surface area contributed by atoms with Crippen molar-refractivity contribution in [2.24, 2.45) is 0 Å². The third kappa shape index (κ3) is 7.13. The lowest BCUT2D eigenvalue weighted by atomic mass is 10.1. The van der Waals surface area contributed by atoms with Gasteiger partial charge >= 0.3 is 0 Å². The van der Waals surface area contributed by atoms with Gasteiger partial charge in [-0.25, -0.2) is 4.39 Å². The van der Waals surface area contributed by atoms with Gasteiger partial charge in [0.1, 0.15) is 5.82 Å². The molecular formula is C28H24FIN2O5S. The van der Waals surface area contributed by atoms with Crippen molar-refractivity contribution in [2.45, 2.75) is 12.8 Å². The second-order valence-electron chi connectivity index (χ2n) is 8.30. The fraction of sp³-hybridized carbons (Fsp3) is 0.179. The highest BCUT2D eigenvalue weighted by atomic mass is 127. The number of nitrogens with zero attached hydrogens (tertiary/aromatic N) is 1. The number of aryl methyl sites for hydroxylation is 1. The number of nitrogens with one attached hydrogen (secondary N) is 1. The standard InChI is InChI=1S/C28H24FIN2O5S/c1-36-23-15-19(14-22(30)26(23)37-17-25(33)31-21-11-9-20(29)10-12-21)16-24-27(34)32(28(35)38-24)13-5-8-18-6-3-2-4-7-18/h2-4,6-7,9-12,14-16H,5,8,13,17H2,1H3,(H,31,33)/b24-16+. The van der Waals surface area contributed by atoms with E-state index in [1.165, 1.54) is 36.3 Å². The van der Waals surface area contributed by atoms with Gasteiger partial charge in [-0.15, -0.1) is 0 Å². The molecule has 196 valence electrons. The van der Waals surface area contributed by atoms with E-state index in [4.69, 9.17) is 9.47 Å². The van der Waals surface area contributed by atoms with Crippen LogP contribution in [0.4, 0.5) is 14.9 Å². The monoisotopic (exact) mass is 646 g/mol. The predicted octanol–water partition coefficient (Wildman–Crippen LogP) is 6.13. The molecule has 1 heterocycles. The normalized spacial score (nSPS) is 14.2. The van der Waals surface area contributed by atoms with E-state index >= 15 is 0 Å². The van der Waals surface area contributed by atoms with Gasteiger partial charge in [0.25, 0.3) is 17.1 Å². The molecule has 4 rings (SSSR count). The number of methoxy groups -OCH3 is 1. The van der Waals surface area contributed by atoms with Crippen molar-refractivity contribution in [3.05, 3.63) is 92.1 Å². The summed E-state index contributed by atoms with van der Waals surface area (Å²) in [6.45, 7) is 0.0650. The van der Waals surface area contributed by atoms with Crippen molar-refractivity contribution in [1.82, 2.24) is 4.90 Å². The summed E-state index contributed by atoms with van der Waals surface area (Å²) in [7, 11) is 1.47. The van der Waals surface area contributed by atoms with E-state index in [-0.39, 0.29) is 17.8 Å². The first-order valence-corrected chi connectivity index (χ1v) is 13.6. The fourth-order valence-electron chi connectivity index (χ4n) is 3.76. The summed E-state index contributed by atoms with van der Waals surface area (Å²) in [5.41, 5.74) is 2.27. The van der Waals surface area contributed by atoms with Crippen LogP contribution in [0.15, 0.2) is 71.6 Å². The largest absolute Gasteiger partial charge is 0.493 e. The van der Waals surface area contributed by atoms with Crippen molar-refractivity contribution in [1.29, 1.82) is 0 Å². The van der Waals surface area contributed by atoms with E-state index < -0.39 is 11.7 Å². The van der Waals surface area contributed by atoms with Crippen LogP contribution in [0.3, 0.4) is 0 Å². The van der Waals surface area contributed by atoms with Gasteiger partial charge in [0.05, 0.1) is 15.6 Å². The lowest BCUT2D eigenvalue weighted by Crippen LogP contribution is -2.29. The zero-order valence-electron chi connectivity index (χ0n) is 20.4. The number of carbonyl (C=O) groups excluding carboxylic acids is 3. The number of ether oxygens (including phenoxy) is 2. The van der Waals surface area contributed by atoms with Crippen molar-refractivity contribution in [3.63, 3.8) is 0 Å². The zero-order valence-corrected chi connectivity index (χ0v) is 23.4. The van der Waals surface area contributed by atoms with Gasteiger partial charge in [-0.05, 0) is 101 Å². The molecular weight excluding hydrogens is 622 g/mol. The number of imide groups is 1. The Morgan fingerprint density at radius 3 is 2.55 bits per heavy atom. The highest BCUT2D eigenvalue weighted by molar-refractivity contribution is 14.1. The first kappa shape index (κ1) is 27.6. The van der Waals surface area contributed by atoms with E-state index in [0.29, 0.717) is 44.2 Å². The molecule has 0 aromatic heterocycles. The Bertz CT molecular complexity index is 1370. The molecule has 38 heavy (non-hydrogen) atoms. The number of anilines is 1.